The van der Waals surface area contributed by atoms with E-state index in [4.69, 9.17) is 4.74 Å². The van der Waals surface area contributed by atoms with Crippen molar-refractivity contribution in [2.45, 2.75) is 63.6 Å². The molecule has 5 rings (SSSR count). The zero-order chi connectivity index (χ0) is 24.0. The van der Waals surface area contributed by atoms with E-state index in [9.17, 15) is 9.59 Å². The van der Waals surface area contributed by atoms with Crippen LogP contribution < -0.4 is 10.6 Å². The first-order chi connectivity index (χ1) is 17.2. The van der Waals surface area contributed by atoms with Gasteiger partial charge < -0.3 is 24.5 Å². The number of amides is 2. The second-order valence-electron chi connectivity index (χ2n) is 9.28. The second-order valence-corrected chi connectivity index (χ2v) is 9.28. The smallest absolute Gasteiger partial charge is 0.407 e. The molecule has 2 N–H and O–H groups in total. The topological polar surface area (TPSA) is 103 Å². The summed E-state index contributed by atoms with van der Waals surface area (Å²) in [6.45, 7) is 2.96. The van der Waals surface area contributed by atoms with E-state index in [2.05, 4.69) is 49.4 Å². The zero-order valence-electron chi connectivity index (χ0n) is 19.9. The maximum Gasteiger partial charge on any atom is 0.407 e. The van der Waals surface area contributed by atoms with Crippen LogP contribution in [0.15, 0.2) is 49.1 Å². The molecule has 0 radical (unpaired) electrons. The van der Waals surface area contributed by atoms with Gasteiger partial charge >= 0.3 is 6.09 Å². The molecule has 2 atom stereocenters. The molecule has 0 fully saturated rings. The second kappa shape index (κ2) is 10.8. The van der Waals surface area contributed by atoms with E-state index < -0.39 is 6.09 Å². The van der Waals surface area contributed by atoms with Crippen molar-refractivity contribution < 1.29 is 14.3 Å². The number of ether oxygens (including phenoxy) is 1. The number of hydrogen-bond donors (Lipinski definition) is 2. The molecule has 2 aromatic heterocycles. The summed E-state index contributed by atoms with van der Waals surface area (Å²) in [6, 6.07) is 8.41. The van der Waals surface area contributed by atoms with Gasteiger partial charge in [0, 0.05) is 69.7 Å². The Balaban J connectivity index is 0.980. The molecule has 184 valence electrons. The molecule has 0 aliphatic carbocycles. The Morgan fingerprint density at radius 1 is 0.943 bits per heavy atom. The average Bonchev–Trinajstić information content (AvgIpc) is 3.62. The molecule has 3 aromatic rings. The van der Waals surface area contributed by atoms with Gasteiger partial charge in [-0.1, -0.05) is 24.3 Å². The third-order valence-corrected chi connectivity index (χ3v) is 6.82. The maximum absolute atomic E-state index is 12.4. The Morgan fingerprint density at radius 2 is 1.69 bits per heavy atom. The molecular weight excluding hydrogens is 444 g/mol. The average molecular weight is 477 g/mol. The summed E-state index contributed by atoms with van der Waals surface area (Å²) >= 11 is 0. The molecule has 0 saturated carbocycles. The van der Waals surface area contributed by atoms with Crippen molar-refractivity contribution in [3.8, 4) is 0 Å². The monoisotopic (exact) mass is 476 g/mol. The number of aromatic nitrogens is 4. The van der Waals surface area contributed by atoms with Crippen LogP contribution in [0.3, 0.4) is 0 Å². The van der Waals surface area contributed by atoms with Crippen molar-refractivity contribution in [2.24, 2.45) is 0 Å². The quantitative estimate of drug-likeness (QED) is 0.438. The fourth-order valence-corrected chi connectivity index (χ4v) is 5.02. The molecule has 0 bridgehead atoms. The molecule has 35 heavy (non-hydrogen) atoms. The van der Waals surface area contributed by atoms with E-state index in [0.29, 0.717) is 19.5 Å². The number of alkyl carbamates (subject to hydrolysis) is 1. The molecule has 4 heterocycles. The summed E-state index contributed by atoms with van der Waals surface area (Å²) < 4.78 is 9.66. The normalized spacial score (nSPS) is 18.2. The van der Waals surface area contributed by atoms with Crippen LogP contribution in [0.25, 0.3) is 0 Å². The third-order valence-electron chi connectivity index (χ3n) is 6.82. The number of benzene rings is 1. The van der Waals surface area contributed by atoms with E-state index in [1.807, 2.05) is 17.0 Å². The highest BCUT2D eigenvalue weighted by Crippen LogP contribution is 2.29. The van der Waals surface area contributed by atoms with Gasteiger partial charge in [0.05, 0.1) is 0 Å². The van der Waals surface area contributed by atoms with Crippen molar-refractivity contribution in [1.82, 2.24) is 29.7 Å². The van der Waals surface area contributed by atoms with Gasteiger partial charge in [-0.15, -0.1) is 0 Å². The molecule has 1 unspecified atom stereocenters. The number of imidazole rings is 2. The molecule has 2 aliphatic heterocycles. The minimum Gasteiger partial charge on any atom is -0.438 e. The molecule has 0 saturated heterocycles. The minimum absolute atomic E-state index is 0.0853. The van der Waals surface area contributed by atoms with E-state index in [0.717, 1.165) is 56.8 Å². The molecule has 1 aromatic carbocycles. The molecule has 9 heteroatoms. The van der Waals surface area contributed by atoms with E-state index in [-0.39, 0.29) is 17.9 Å². The van der Waals surface area contributed by atoms with Crippen molar-refractivity contribution in [1.29, 1.82) is 0 Å². The Morgan fingerprint density at radius 3 is 2.54 bits per heavy atom. The first-order valence-electron chi connectivity index (χ1n) is 12.5. The van der Waals surface area contributed by atoms with E-state index in [1.54, 1.807) is 12.4 Å². The van der Waals surface area contributed by atoms with Crippen LogP contribution in [-0.2, 0) is 35.5 Å². The van der Waals surface area contributed by atoms with Crippen molar-refractivity contribution in [3.05, 3.63) is 71.8 Å². The predicted molar refractivity (Wildman–Crippen MR) is 130 cm³/mol. The highest BCUT2D eigenvalue weighted by Gasteiger charge is 2.27. The summed E-state index contributed by atoms with van der Waals surface area (Å²) in [5, 5.41) is 5.90. The summed E-state index contributed by atoms with van der Waals surface area (Å²) in [7, 11) is 0. The van der Waals surface area contributed by atoms with Gasteiger partial charge in [-0.25, -0.2) is 14.8 Å². The van der Waals surface area contributed by atoms with Crippen LogP contribution in [0.4, 0.5) is 4.79 Å². The molecule has 0 spiro atoms. The number of nitrogens with one attached hydrogen (secondary N) is 2. The SMILES string of the molecule is O=C(CC1CCn2ccnc21)NCCc1cccc(CCCNC(=O)O[C@@H]2CCn3ccnc32)c1. The third kappa shape index (κ3) is 5.72. The van der Waals surface area contributed by atoms with Crippen LogP contribution in [0, 0.1) is 0 Å². The molecule has 2 aliphatic rings. The Labute approximate surface area is 204 Å². The lowest BCUT2D eigenvalue weighted by atomic mass is 10.0. The van der Waals surface area contributed by atoms with E-state index in [1.165, 1.54) is 11.1 Å². The summed E-state index contributed by atoms with van der Waals surface area (Å²) in [6.07, 6.45) is 11.5. The van der Waals surface area contributed by atoms with Gasteiger partial charge in [0.25, 0.3) is 0 Å². The lowest BCUT2D eigenvalue weighted by Gasteiger charge is -2.12. The number of fused-ring (bicyclic) bond motifs is 2. The van der Waals surface area contributed by atoms with Gasteiger partial charge in [0.2, 0.25) is 5.91 Å². The van der Waals surface area contributed by atoms with Crippen LogP contribution in [-0.4, -0.2) is 44.2 Å². The summed E-state index contributed by atoms with van der Waals surface area (Å²) in [5.74, 6) is 2.16. The van der Waals surface area contributed by atoms with Crippen LogP contribution >= 0.6 is 0 Å². The van der Waals surface area contributed by atoms with Gasteiger partial charge in [0.15, 0.2) is 6.10 Å². The fraction of sp³-hybridized carbons (Fsp3) is 0.462. The number of aryl methyl sites for hydroxylation is 3. The number of hydrogen-bond acceptors (Lipinski definition) is 5. The molecule has 9 nitrogen and oxygen atoms in total. The Hall–Kier alpha value is -3.62. The minimum atomic E-state index is -0.391. The number of carbonyl (C=O) groups is 2. The summed E-state index contributed by atoms with van der Waals surface area (Å²) in [4.78, 5) is 33.1. The molecular formula is C26H32N6O3. The number of rotatable bonds is 10. The van der Waals surface area contributed by atoms with Crippen LogP contribution in [0.2, 0.25) is 0 Å². The standard InChI is InChI=1S/C26H32N6O3/c33-23(18-21-7-13-31-15-11-28-24(21)31)27-10-6-20-4-1-3-19(17-20)5-2-9-30-26(34)35-22-8-14-32-16-12-29-25(22)32/h1,3-4,11-12,15-17,21-22H,2,5-10,13-14,18H2,(H,27,33)(H,30,34)/t21?,22-/m1/s1. The number of nitrogens with zero attached hydrogens (tertiary/aromatic N) is 4. The van der Waals surface area contributed by atoms with Gasteiger partial charge in [-0.3, -0.25) is 4.79 Å². The van der Waals surface area contributed by atoms with Crippen LogP contribution in [0.5, 0.6) is 0 Å². The first-order valence-corrected chi connectivity index (χ1v) is 12.5. The predicted octanol–water partition coefficient (Wildman–Crippen LogP) is 3.12. The van der Waals surface area contributed by atoms with Gasteiger partial charge in [-0.2, -0.15) is 0 Å². The summed E-state index contributed by atoms with van der Waals surface area (Å²) in [5.41, 5.74) is 2.42. The van der Waals surface area contributed by atoms with Gasteiger partial charge in [0.1, 0.15) is 11.6 Å². The van der Waals surface area contributed by atoms with E-state index >= 15 is 0 Å². The largest absolute Gasteiger partial charge is 0.438 e. The Kier molecular flexibility index (Phi) is 7.11. The zero-order valence-corrected chi connectivity index (χ0v) is 19.9. The lowest BCUT2D eigenvalue weighted by Crippen LogP contribution is -2.27. The maximum atomic E-state index is 12.4. The van der Waals surface area contributed by atoms with Crippen LogP contribution in [0.1, 0.15) is 60.5 Å². The Bertz CT molecular complexity index is 1170. The lowest BCUT2D eigenvalue weighted by molar-refractivity contribution is -0.121. The molecule has 2 amide bonds. The van der Waals surface area contributed by atoms with Gasteiger partial charge in [-0.05, 0) is 36.8 Å². The highest BCUT2D eigenvalue weighted by molar-refractivity contribution is 5.76. The first kappa shape index (κ1) is 23.1. The fourth-order valence-electron chi connectivity index (χ4n) is 5.02. The van der Waals surface area contributed by atoms with Crippen molar-refractivity contribution >= 4 is 12.0 Å². The van der Waals surface area contributed by atoms with Crippen molar-refractivity contribution in [3.63, 3.8) is 0 Å². The van der Waals surface area contributed by atoms with Crippen molar-refractivity contribution in [2.75, 3.05) is 13.1 Å². The highest BCUT2D eigenvalue weighted by atomic mass is 16.6. The number of carbonyl (C=O) groups excluding carboxylic acids is 2.